The molecule has 5 nitrogen and oxygen atoms in total. The Morgan fingerprint density at radius 2 is 2.04 bits per heavy atom. The summed E-state index contributed by atoms with van der Waals surface area (Å²) in [5.41, 5.74) is 3.12. The molecule has 0 N–H and O–H groups in total. The van der Waals surface area contributed by atoms with Crippen LogP contribution < -0.4 is 4.90 Å². The highest BCUT2D eigenvalue weighted by atomic mass is 32.2. The monoisotopic (exact) mass is 349 g/mol. The number of thioether (sulfide) groups is 1. The van der Waals surface area contributed by atoms with Crippen LogP contribution in [0.5, 0.6) is 0 Å². The van der Waals surface area contributed by atoms with Crippen LogP contribution in [0.15, 0.2) is 10.7 Å². The molecule has 0 spiro atoms. The predicted molar refractivity (Wildman–Crippen MR) is 95.6 cm³/mol. The molecule has 1 saturated carbocycles. The van der Waals surface area contributed by atoms with Gasteiger partial charge in [0.2, 0.25) is 5.95 Å². The zero-order valence-corrected chi connectivity index (χ0v) is 15.2. The Balaban J connectivity index is 1.45. The second kappa shape index (κ2) is 6.81. The smallest absolute Gasteiger partial charge is 0.228 e. The van der Waals surface area contributed by atoms with Crippen LogP contribution in [0.25, 0.3) is 0 Å². The zero-order chi connectivity index (χ0) is 15.6. The van der Waals surface area contributed by atoms with E-state index in [-0.39, 0.29) is 0 Å². The van der Waals surface area contributed by atoms with Crippen LogP contribution in [0.2, 0.25) is 0 Å². The molecule has 2 fully saturated rings. The molecule has 2 aliphatic rings. The summed E-state index contributed by atoms with van der Waals surface area (Å²) in [6.07, 6.45) is 7.54. The van der Waals surface area contributed by atoms with Crippen molar-refractivity contribution in [2.24, 2.45) is 0 Å². The highest BCUT2D eigenvalue weighted by Crippen LogP contribution is 2.41. The molecule has 1 aliphatic heterocycles. The second-order valence-corrected chi connectivity index (χ2v) is 8.39. The van der Waals surface area contributed by atoms with Crippen LogP contribution >= 0.6 is 23.1 Å². The molecule has 7 heteroatoms. The first-order valence-corrected chi connectivity index (χ1v) is 10.4. The average Bonchev–Trinajstić information content (AvgIpc) is 3.21. The van der Waals surface area contributed by atoms with Gasteiger partial charge >= 0.3 is 0 Å². The van der Waals surface area contributed by atoms with Crippen LogP contribution in [0, 0.1) is 6.92 Å². The highest BCUT2D eigenvalue weighted by Gasteiger charge is 2.31. The molecule has 0 amide bonds. The summed E-state index contributed by atoms with van der Waals surface area (Å²) in [6, 6.07) is 0.634. The van der Waals surface area contributed by atoms with Gasteiger partial charge in [-0.15, -0.1) is 21.5 Å². The molecule has 0 unspecified atom stereocenters. The lowest BCUT2D eigenvalue weighted by Gasteiger charge is -2.27. The van der Waals surface area contributed by atoms with Crippen molar-refractivity contribution in [2.75, 3.05) is 23.7 Å². The molecule has 0 radical (unpaired) electrons. The van der Waals surface area contributed by atoms with Crippen molar-refractivity contribution in [3.63, 3.8) is 0 Å². The van der Waals surface area contributed by atoms with Crippen molar-refractivity contribution in [3.05, 3.63) is 16.1 Å². The number of thiazole rings is 1. The third kappa shape index (κ3) is 3.40. The first kappa shape index (κ1) is 15.4. The molecule has 23 heavy (non-hydrogen) atoms. The third-order valence-electron chi connectivity index (χ3n) is 4.60. The fourth-order valence-electron chi connectivity index (χ4n) is 3.13. The van der Waals surface area contributed by atoms with Crippen molar-refractivity contribution < 1.29 is 0 Å². The summed E-state index contributed by atoms with van der Waals surface area (Å²) in [6.45, 7) is 4.36. The number of piperidine rings is 1. The maximum atomic E-state index is 4.54. The van der Waals surface area contributed by atoms with E-state index in [2.05, 4.69) is 31.6 Å². The molecule has 4 rings (SSSR count). The topological polar surface area (TPSA) is 46.8 Å². The minimum Gasteiger partial charge on any atom is -0.341 e. The van der Waals surface area contributed by atoms with Gasteiger partial charge in [-0.3, -0.25) is 4.57 Å². The van der Waals surface area contributed by atoms with Crippen molar-refractivity contribution >= 4 is 29.0 Å². The minimum absolute atomic E-state index is 0.634. The van der Waals surface area contributed by atoms with E-state index in [0.29, 0.717) is 6.04 Å². The number of nitrogens with zero attached hydrogens (tertiary/aromatic N) is 5. The summed E-state index contributed by atoms with van der Waals surface area (Å²) in [5, 5.41) is 10.2. The third-order valence-corrected chi connectivity index (χ3v) is 6.54. The molecule has 0 aromatic carbocycles. The van der Waals surface area contributed by atoms with Crippen LogP contribution in [0.3, 0.4) is 0 Å². The van der Waals surface area contributed by atoms with Crippen LogP contribution in [-0.4, -0.2) is 38.6 Å². The number of hydrogen-bond donors (Lipinski definition) is 0. The van der Waals surface area contributed by atoms with E-state index < -0.39 is 0 Å². The Morgan fingerprint density at radius 1 is 1.22 bits per heavy atom. The summed E-state index contributed by atoms with van der Waals surface area (Å²) >= 11 is 3.61. The summed E-state index contributed by atoms with van der Waals surface area (Å²) in [5.74, 6) is 2.16. The minimum atomic E-state index is 0.634. The largest absolute Gasteiger partial charge is 0.341 e. The Hall–Kier alpha value is -1.08. The van der Waals surface area contributed by atoms with Gasteiger partial charge in [0.05, 0.1) is 11.2 Å². The molecule has 1 saturated heterocycles. The van der Waals surface area contributed by atoms with Crippen molar-refractivity contribution in [1.29, 1.82) is 0 Å². The SMILES string of the molecule is Cc1ncsc1CCSc1nnc(N2CCCCC2)n1C1CC1. The number of rotatable bonds is 6. The quantitative estimate of drug-likeness (QED) is 0.744. The Kier molecular flexibility index (Phi) is 4.57. The van der Waals surface area contributed by atoms with Gasteiger partial charge in [-0.25, -0.2) is 4.98 Å². The summed E-state index contributed by atoms with van der Waals surface area (Å²) in [7, 11) is 0. The molecule has 2 aromatic heterocycles. The van der Waals surface area contributed by atoms with E-state index >= 15 is 0 Å². The van der Waals surface area contributed by atoms with Crippen molar-refractivity contribution in [1.82, 2.24) is 19.7 Å². The lowest BCUT2D eigenvalue weighted by molar-refractivity contribution is 0.548. The average molecular weight is 350 g/mol. The molecule has 0 bridgehead atoms. The predicted octanol–water partition coefficient (Wildman–Crippen LogP) is 3.70. The molecule has 2 aromatic rings. The molecule has 3 heterocycles. The van der Waals surface area contributed by atoms with Crippen LogP contribution in [0.1, 0.15) is 48.7 Å². The van der Waals surface area contributed by atoms with E-state index in [4.69, 9.17) is 0 Å². The molecular weight excluding hydrogens is 326 g/mol. The molecular formula is C16H23N5S2. The molecule has 124 valence electrons. The van der Waals surface area contributed by atoms with Gasteiger partial charge in [0.15, 0.2) is 5.16 Å². The van der Waals surface area contributed by atoms with Gasteiger partial charge in [0.1, 0.15) is 0 Å². The number of aromatic nitrogens is 4. The lowest BCUT2D eigenvalue weighted by Crippen LogP contribution is -2.31. The zero-order valence-electron chi connectivity index (χ0n) is 13.6. The van der Waals surface area contributed by atoms with E-state index in [0.717, 1.165) is 36.4 Å². The number of anilines is 1. The van der Waals surface area contributed by atoms with E-state index in [1.807, 2.05) is 17.3 Å². The Morgan fingerprint density at radius 3 is 2.74 bits per heavy atom. The Labute approximate surface area is 145 Å². The van der Waals surface area contributed by atoms with Gasteiger partial charge in [-0.2, -0.15) is 0 Å². The normalized spacial score (nSPS) is 18.6. The molecule has 0 atom stereocenters. The number of hydrogen-bond acceptors (Lipinski definition) is 6. The summed E-state index contributed by atoms with van der Waals surface area (Å²) in [4.78, 5) is 8.16. The fraction of sp³-hybridized carbons (Fsp3) is 0.688. The van der Waals surface area contributed by atoms with Gasteiger partial charge in [-0.1, -0.05) is 11.8 Å². The highest BCUT2D eigenvalue weighted by molar-refractivity contribution is 7.99. The maximum absolute atomic E-state index is 4.54. The standard InChI is InChI=1S/C16H23N5S2/c1-12-14(23-11-17-12)7-10-22-16-19-18-15(21(16)13-5-6-13)20-8-3-2-4-9-20/h11,13H,2-10H2,1H3. The van der Waals surface area contributed by atoms with Gasteiger partial charge in [-0.05, 0) is 45.4 Å². The number of aryl methyl sites for hydroxylation is 2. The first-order chi connectivity index (χ1) is 11.3. The fourth-order valence-corrected chi connectivity index (χ4v) is 5.00. The van der Waals surface area contributed by atoms with E-state index in [1.165, 1.54) is 42.7 Å². The van der Waals surface area contributed by atoms with E-state index in [1.54, 1.807) is 11.3 Å². The van der Waals surface area contributed by atoms with Crippen LogP contribution in [-0.2, 0) is 6.42 Å². The van der Waals surface area contributed by atoms with Crippen molar-refractivity contribution in [3.8, 4) is 0 Å². The molecule has 1 aliphatic carbocycles. The van der Waals surface area contributed by atoms with Gasteiger partial charge < -0.3 is 4.90 Å². The second-order valence-electron chi connectivity index (χ2n) is 6.39. The first-order valence-electron chi connectivity index (χ1n) is 8.54. The van der Waals surface area contributed by atoms with Gasteiger partial charge in [0, 0.05) is 29.8 Å². The summed E-state index contributed by atoms with van der Waals surface area (Å²) < 4.78 is 2.41. The van der Waals surface area contributed by atoms with Crippen LogP contribution in [0.4, 0.5) is 5.95 Å². The van der Waals surface area contributed by atoms with Gasteiger partial charge in [0.25, 0.3) is 0 Å². The Bertz CT molecular complexity index is 655. The maximum Gasteiger partial charge on any atom is 0.228 e. The van der Waals surface area contributed by atoms with E-state index in [9.17, 15) is 0 Å². The lowest BCUT2D eigenvalue weighted by atomic mass is 10.1. The van der Waals surface area contributed by atoms with Crippen molar-refractivity contribution in [2.45, 2.75) is 56.6 Å².